The van der Waals surface area contributed by atoms with Gasteiger partial charge in [0, 0.05) is 12.4 Å². The summed E-state index contributed by atoms with van der Waals surface area (Å²) in [5.41, 5.74) is 1.73. The molecular weight excluding hydrogens is 358 g/mol. The molecular formula is C17H13N3OS3. The minimum atomic E-state index is -0.00270. The molecule has 0 aliphatic carbocycles. The highest BCUT2D eigenvalue weighted by atomic mass is 32.1. The molecule has 0 aliphatic rings. The Morgan fingerprint density at radius 2 is 2.00 bits per heavy atom. The minimum absolute atomic E-state index is 0.00270. The summed E-state index contributed by atoms with van der Waals surface area (Å²) in [5.74, 6) is -0.00270. The summed E-state index contributed by atoms with van der Waals surface area (Å²) in [4.78, 5) is 24.4. The van der Waals surface area contributed by atoms with Crippen molar-refractivity contribution in [3.63, 3.8) is 0 Å². The molecule has 0 unspecified atom stereocenters. The Morgan fingerprint density at radius 3 is 2.79 bits per heavy atom. The van der Waals surface area contributed by atoms with Crippen molar-refractivity contribution in [2.45, 2.75) is 6.42 Å². The maximum atomic E-state index is 12.5. The first-order chi connectivity index (χ1) is 11.7. The Bertz CT molecular complexity index is 955. The van der Waals surface area contributed by atoms with Gasteiger partial charge in [-0.25, -0.2) is 9.97 Å². The van der Waals surface area contributed by atoms with Gasteiger partial charge < -0.3 is 0 Å². The monoisotopic (exact) mass is 371 g/mol. The highest BCUT2D eigenvalue weighted by Gasteiger charge is 2.17. The second-order valence-corrected chi connectivity index (χ2v) is 8.03. The number of nitrogens with zero attached hydrogens (tertiary/aromatic N) is 3. The topological polar surface area (TPSA) is 46.1 Å². The second-order valence-electron chi connectivity index (χ2n) is 5.21. The van der Waals surface area contributed by atoms with Crippen LogP contribution in [0.4, 0.5) is 5.13 Å². The van der Waals surface area contributed by atoms with Crippen LogP contribution >= 0.6 is 34.0 Å². The van der Waals surface area contributed by atoms with Gasteiger partial charge >= 0.3 is 0 Å². The Labute approximate surface area is 151 Å². The number of rotatable bonds is 4. The Morgan fingerprint density at radius 1 is 1.12 bits per heavy atom. The molecule has 3 aromatic heterocycles. The lowest BCUT2D eigenvalue weighted by atomic mass is 10.3. The third-order valence-electron chi connectivity index (χ3n) is 3.56. The maximum Gasteiger partial charge on any atom is 0.234 e. The zero-order valence-corrected chi connectivity index (χ0v) is 15.3. The molecule has 7 heteroatoms. The summed E-state index contributed by atoms with van der Waals surface area (Å²) in [5, 5.41) is 5.67. The Hall–Kier alpha value is -2.09. The van der Waals surface area contributed by atoms with Crippen LogP contribution in [0, 0.1) is 0 Å². The van der Waals surface area contributed by atoms with Gasteiger partial charge in [-0.15, -0.1) is 22.7 Å². The molecule has 4 rings (SSSR count). The first-order valence-electron chi connectivity index (χ1n) is 7.31. The molecule has 0 fully saturated rings. The van der Waals surface area contributed by atoms with Crippen LogP contribution in [0.3, 0.4) is 0 Å². The molecule has 4 aromatic rings. The van der Waals surface area contributed by atoms with Crippen LogP contribution in [0.5, 0.6) is 0 Å². The van der Waals surface area contributed by atoms with Crippen molar-refractivity contribution in [2.75, 3.05) is 11.9 Å². The molecule has 24 heavy (non-hydrogen) atoms. The first-order valence-corrected chi connectivity index (χ1v) is 9.89. The summed E-state index contributed by atoms with van der Waals surface area (Å²) in [6.07, 6.45) is 0.286. The largest absolute Gasteiger partial charge is 0.291 e. The molecule has 4 nitrogen and oxygen atoms in total. The molecule has 1 aromatic carbocycles. The number of benzene rings is 1. The molecule has 0 saturated carbocycles. The van der Waals surface area contributed by atoms with Crippen molar-refractivity contribution >= 4 is 55.3 Å². The van der Waals surface area contributed by atoms with Crippen LogP contribution in [0.1, 0.15) is 5.69 Å². The van der Waals surface area contributed by atoms with Gasteiger partial charge in [-0.3, -0.25) is 9.69 Å². The number of likely N-dealkylation sites (N-methyl/N-ethyl adjacent to an activating group) is 1. The van der Waals surface area contributed by atoms with Crippen molar-refractivity contribution in [3.8, 4) is 9.88 Å². The summed E-state index contributed by atoms with van der Waals surface area (Å²) < 4.78 is 1.08. The summed E-state index contributed by atoms with van der Waals surface area (Å²) in [6.45, 7) is 0. The van der Waals surface area contributed by atoms with Crippen molar-refractivity contribution in [1.29, 1.82) is 0 Å². The van der Waals surface area contributed by atoms with Gasteiger partial charge in [0.2, 0.25) is 5.91 Å². The van der Waals surface area contributed by atoms with Crippen LogP contribution in [0.25, 0.3) is 20.1 Å². The predicted octanol–water partition coefficient (Wildman–Crippen LogP) is 4.69. The van der Waals surface area contributed by atoms with Gasteiger partial charge in [0.05, 0.1) is 27.2 Å². The van der Waals surface area contributed by atoms with E-state index in [1.807, 2.05) is 47.2 Å². The number of aromatic nitrogens is 2. The van der Waals surface area contributed by atoms with E-state index >= 15 is 0 Å². The highest BCUT2D eigenvalue weighted by Crippen LogP contribution is 2.30. The summed E-state index contributed by atoms with van der Waals surface area (Å²) >= 11 is 4.76. The first kappa shape index (κ1) is 15.4. The molecule has 0 atom stereocenters. The maximum absolute atomic E-state index is 12.5. The number of amides is 1. The van der Waals surface area contributed by atoms with Crippen LogP contribution in [-0.4, -0.2) is 22.9 Å². The number of anilines is 1. The normalized spacial score (nSPS) is 11.0. The van der Waals surface area contributed by atoms with E-state index in [-0.39, 0.29) is 12.3 Å². The molecule has 0 spiro atoms. The molecule has 0 N–H and O–H groups in total. The number of hydrogen-bond acceptors (Lipinski definition) is 6. The van der Waals surface area contributed by atoms with Crippen LogP contribution in [-0.2, 0) is 11.2 Å². The van der Waals surface area contributed by atoms with Crippen molar-refractivity contribution < 1.29 is 4.79 Å². The zero-order chi connectivity index (χ0) is 16.5. The second kappa shape index (κ2) is 6.43. The van der Waals surface area contributed by atoms with E-state index in [0.717, 1.165) is 30.9 Å². The standard InChI is InChI=1S/C17H13N3OS3/c1-20(17-19-12-5-2-3-6-13(12)24-17)15(21)9-11-10-23-16(18-11)14-7-4-8-22-14/h2-8,10H,9H2,1H3. The number of para-hydroxylation sites is 1. The Balaban J connectivity index is 1.51. The zero-order valence-electron chi connectivity index (χ0n) is 12.8. The number of hydrogen-bond donors (Lipinski definition) is 0. The van der Waals surface area contributed by atoms with Crippen LogP contribution in [0.2, 0.25) is 0 Å². The van der Waals surface area contributed by atoms with Gasteiger partial charge in [-0.05, 0) is 23.6 Å². The van der Waals surface area contributed by atoms with Gasteiger partial charge in [-0.2, -0.15) is 0 Å². The molecule has 0 radical (unpaired) electrons. The average molecular weight is 372 g/mol. The fraction of sp³-hybridized carbons (Fsp3) is 0.118. The average Bonchev–Trinajstić information content (AvgIpc) is 3.32. The molecule has 0 bridgehead atoms. The quantitative estimate of drug-likeness (QED) is 0.523. The van der Waals surface area contributed by atoms with E-state index in [4.69, 9.17) is 0 Å². The third kappa shape index (κ3) is 2.98. The smallest absolute Gasteiger partial charge is 0.234 e. The van der Waals surface area contributed by atoms with Gasteiger partial charge in [0.1, 0.15) is 5.01 Å². The van der Waals surface area contributed by atoms with E-state index in [0.29, 0.717) is 0 Å². The number of carbonyl (C=O) groups is 1. The van der Waals surface area contributed by atoms with Crippen LogP contribution in [0.15, 0.2) is 47.2 Å². The summed E-state index contributed by atoms with van der Waals surface area (Å²) in [7, 11) is 1.77. The predicted molar refractivity (Wildman–Crippen MR) is 102 cm³/mol. The number of fused-ring (bicyclic) bond motifs is 1. The van der Waals surface area contributed by atoms with E-state index in [2.05, 4.69) is 9.97 Å². The van der Waals surface area contributed by atoms with Crippen molar-refractivity contribution in [1.82, 2.24) is 9.97 Å². The number of thiophene rings is 1. The Kier molecular flexibility index (Phi) is 4.13. The van der Waals surface area contributed by atoms with Crippen LogP contribution < -0.4 is 4.90 Å². The lowest BCUT2D eigenvalue weighted by molar-refractivity contribution is -0.117. The molecule has 0 saturated heterocycles. The van der Waals surface area contributed by atoms with Crippen molar-refractivity contribution in [2.24, 2.45) is 0 Å². The fourth-order valence-electron chi connectivity index (χ4n) is 2.29. The number of carbonyl (C=O) groups excluding carboxylic acids is 1. The molecule has 3 heterocycles. The lowest BCUT2D eigenvalue weighted by Gasteiger charge is -2.12. The van der Waals surface area contributed by atoms with Gasteiger partial charge in [-0.1, -0.05) is 29.5 Å². The molecule has 120 valence electrons. The third-order valence-corrected chi connectivity index (χ3v) is 6.60. The van der Waals surface area contributed by atoms with Gasteiger partial charge in [0.15, 0.2) is 5.13 Å². The van der Waals surface area contributed by atoms with E-state index in [1.54, 1.807) is 34.6 Å². The van der Waals surface area contributed by atoms with Crippen molar-refractivity contribution in [3.05, 3.63) is 52.9 Å². The molecule has 1 amide bonds. The molecule has 0 aliphatic heterocycles. The lowest BCUT2D eigenvalue weighted by Crippen LogP contribution is -2.27. The fourth-order valence-corrected chi connectivity index (χ4v) is 4.86. The van der Waals surface area contributed by atoms with E-state index in [9.17, 15) is 4.79 Å². The van der Waals surface area contributed by atoms with E-state index in [1.165, 1.54) is 11.3 Å². The minimum Gasteiger partial charge on any atom is -0.291 e. The highest BCUT2D eigenvalue weighted by molar-refractivity contribution is 7.22. The SMILES string of the molecule is CN(C(=O)Cc1csc(-c2cccs2)n1)c1nc2ccccc2s1. The number of thiazole rings is 2. The van der Waals surface area contributed by atoms with Gasteiger partial charge in [0.25, 0.3) is 0 Å². The summed E-state index contributed by atoms with van der Waals surface area (Å²) in [6, 6.07) is 12.0. The van der Waals surface area contributed by atoms with E-state index < -0.39 is 0 Å².